The van der Waals surface area contributed by atoms with Crippen molar-refractivity contribution in [3.05, 3.63) is 34.9 Å². The predicted octanol–water partition coefficient (Wildman–Crippen LogP) is 1.84. The monoisotopic (exact) mass is 150 g/mol. The molecule has 0 aliphatic carbocycles. The quantitative estimate of drug-likeness (QED) is 0.682. The maximum atomic E-state index is 8.74. The molecule has 1 rings (SSSR count). The van der Waals surface area contributed by atoms with Gasteiger partial charge in [-0.15, -0.1) is 0 Å². The van der Waals surface area contributed by atoms with Gasteiger partial charge in [0.1, 0.15) is 0 Å². The molecule has 0 fully saturated rings. The lowest BCUT2D eigenvalue weighted by Gasteiger charge is -2.03. The third-order valence-corrected chi connectivity index (χ3v) is 1.89. The van der Waals surface area contributed by atoms with Crippen molar-refractivity contribution >= 4 is 0 Å². The summed E-state index contributed by atoms with van der Waals surface area (Å²) in [5.41, 5.74) is 3.79. The molecule has 11 heavy (non-hydrogen) atoms. The average Bonchev–Trinajstić information content (AvgIpc) is 1.98. The number of benzene rings is 1. The Bertz CT molecular complexity index is 241. The van der Waals surface area contributed by atoms with Gasteiger partial charge >= 0.3 is 0 Å². The van der Waals surface area contributed by atoms with Gasteiger partial charge in [-0.3, -0.25) is 0 Å². The molecule has 0 saturated heterocycles. The molecule has 60 valence electrons. The Morgan fingerprint density at radius 1 is 1.27 bits per heavy atom. The number of hydrogen-bond acceptors (Lipinski definition) is 1. The number of hydrogen-bond donors (Lipinski definition) is 1. The molecule has 1 aromatic rings. The molecule has 0 saturated carbocycles. The molecule has 0 radical (unpaired) electrons. The first-order chi connectivity index (χ1) is 5.24. The highest BCUT2D eigenvalue weighted by Gasteiger charge is 1.96. The van der Waals surface area contributed by atoms with E-state index >= 15 is 0 Å². The normalized spacial score (nSPS) is 10.1. The number of rotatable bonds is 2. The van der Waals surface area contributed by atoms with Crippen molar-refractivity contribution in [3.8, 4) is 0 Å². The second kappa shape index (κ2) is 3.54. The summed E-state index contributed by atoms with van der Waals surface area (Å²) >= 11 is 0. The summed E-state index contributed by atoms with van der Waals surface area (Å²) in [7, 11) is 0. The second-order valence-corrected chi connectivity index (χ2v) is 2.90. The van der Waals surface area contributed by atoms with Gasteiger partial charge in [0.2, 0.25) is 0 Å². The zero-order valence-electron chi connectivity index (χ0n) is 7.09. The maximum Gasteiger partial charge on any atom is 0.0471 e. The molecule has 1 heteroatoms. The number of aliphatic hydroxyl groups is 1. The summed E-state index contributed by atoms with van der Waals surface area (Å²) < 4.78 is 0. The highest BCUT2D eigenvalue weighted by Crippen LogP contribution is 2.10. The van der Waals surface area contributed by atoms with Crippen LogP contribution in [0.5, 0.6) is 0 Å². The van der Waals surface area contributed by atoms with Gasteiger partial charge in [0.05, 0.1) is 0 Å². The van der Waals surface area contributed by atoms with Gasteiger partial charge in [0, 0.05) is 6.61 Å². The summed E-state index contributed by atoms with van der Waals surface area (Å²) in [6.45, 7) is 4.38. The zero-order valence-corrected chi connectivity index (χ0v) is 7.09. The smallest absolute Gasteiger partial charge is 0.0471 e. The third kappa shape index (κ3) is 2.05. The largest absolute Gasteiger partial charge is 0.396 e. The van der Waals surface area contributed by atoms with E-state index in [4.69, 9.17) is 5.11 Å². The molecule has 0 aliphatic heterocycles. The highest BCUT2D eigenvalue weighted by atomic mass is 16.2. The summed E-state index contributed by atoms with van der Waals surface area (Å²) in [6.07, 6.45) is 0.771. The Labute approximate surface area is 67.7 Å². The first-order valence-corrected chi connectivity index (χ1v) is 3.91. The van der Waals surface area contributed by atoms with Crippen LogP contribution in [-0.2, 0) is 6.42 Å². The van der Waals surface area contributed by atoms with E-state index < -0.39 is 0 Å². The zero-order chi connectivity index (χ0) is 8.27. The van der Waals surface area contributed by atoms with Crippen molar-refractivity contribution in [2.75, 3.05) is 6.61 Å². The van der Waals surface area contributed by atoms with Crippen LogP contribution >= 0.6 is 0 Å². The van der Waals surface area contributed by atoms with Gasteiger partial charge in [0.15, 0.2) is 0 Å². The Balaban J connectivity index is 2.93. The fourth-order valence-corrected chi connectivity index (χ4v) is 1.19. The molecular formula is C10H14O. The maximum absolute atomic E-state index is 8.74. The predicted molar refractivity (Wildman–Crippen MR) is 46.7 cm³/mol. The van der Waals surface area contributed by atoms with Crippen molar-refractivity contribution < 1.29 is 5.11 Å². The molecule has 0 spiro atoms. The SMILES string of the molecule is Cc1ccc(C)c(CCO)c1. The van der Waals surface area contributed by atoms with Crippen molar-refractivity contribution in [1.82, 2.24) is 0 Å². The van der Waals surface area contributed by atoms with Crippen LogP contribution in [0.15, 0.2) is 18.2 Å². The molecule has 0 heterocycles. The van der Waals surface area contributed by atoms with Crippen LogP contribution in [0.3, 0.4) is 0 Å². The van der Waals surface area contributed by atoms with Gasteiger partial charge in [-0.2, -0.15) is 0 Å². The van der Waals surface area contributed by atoms with Crippen LogP contribution in [0.1, 0.15) is 16.7 Å². The minimum Gasteiger partial charge on any atom is -0.396 e. The van der Waals surface area contributed by atoms with E-state index in [9.17, 15) is 0 Å². The lowest BCUT2D eigenvalue weighted by molar-refractivity contribution is 0.299. The fourth-order valence-electron chi connectivity index (χ4n) is 1.19. The Kier molecular flexibility index (Phi) is 2.66. The Hall–Kier alpha value is -0.820. The molecule has 0 amide bonds. The van der Waals surface area contributed by atoms with Gasteiger partial charge in [-0.05, 0) is 31.4 Å². The molecule has 0 unspecified atom stereocenters. The molecule has 1 aromatic carbocycles. The van der Waals surface area contributed by atoms with Crippen molar-refractivity contribution in [2.45, 2.75) is 20.3 Å². The van der Waals surface area contributed by atoms with Gasteiger partial charge in [-0.1, -0.05) is 23.8 Å². The minimum atomic E-state index is 0.240. The molecule has 1 nitrogen and oxygen atoms in total. The Morgan fingerprint density at radius 2 is 2.00 bits per heavy atom. The van der Waals surface area contributed by atoms with E-state index in [1.54, 1.807) is 0 Å². The number of aliphatic hydroxyl groups excluding tert-OH is 1. The lowest BCUT2D eigenvalue weighted by Crippen LogP contribution is -1.94. The fraction of sp³-hybridized carbons (Fsp3) is 0.400. The average molecular weight is 150 g/mol. The summed E-state index contributed by atoms with van der Waals surface area (Å²) in [5.74, 6) is 0. The van der Waals surface area contributed by atoms with E-state index in [0.717, 1.165) is 6.42 Å². The molecule has 0 bridgehead atoms. The highest BCUT2D eigenvalue weighted by molar-refractivity contribution is 5.30. The molecule has 0 aliphatic rings. The van der Waals surface area contributed by atoms with E-state index in [1.165, 1.54) is 16.7 Å². The van der Waals surface area contributed by atoms with Crippen LogP contribution in [0.4, 0.5) is 0 Å². The van der Waals surface area contributed by atoms with E-state index in [2.05, 4.69) is 32.0 Å². The molecular weight excluding hydrogens is 136 g/mol. The first kappa shape index (κ1) is 8.28. The first-order valence-electron chi connectivity index (χ1n) is 3.91. The van der Waals surface area contributed by atoms with Crippen LogP contribution in [-0.4, -0.2) is 11.7 Å². The van der Waals surface area contributed by atoms with Gasteiger partial charge in [-0.25, -0.2) is 0 Å². The molecule has 0 atom stereocenters. The summed E-state index contributed by atoms with van der Waals surface area (Å²) in [6, 6.07) is 6.32. The van der Waals surface area contributed by atoms with Crippen molar-refractivity contribution in [1.29, 1.82) is 0 Å². The number of aryl methyl sites for hydroxylation is 2. The van der Waals surface area contributed by atoms with Crippen LogP contribution in [0.25, 0.3) is 0 Å². The molecule has 0 aromatic heterocycles. The lowest BCUT2D eigenvalue weighted by atomic mass is 10.0. The standard InChI is InChI=1S/C10H14O/c1-8-3-4-9(2)10(7-8)5-6-11/h3-4,7,11H,5-6H2,1-2H3. The van der Waals surface area contributed by atoms with E-state index in [-0.39, 0.29) is 6.61 Å². The molecule has 1 N–H and O–H groups in total. The summed E-state index contributed by atoms with van der Waals surface area (Å²) in [5, 5.41) is 8.74. The van der Waals surface area contributed by atoms with Gasteiger partial charge < -0.3 is 5.11 Å². The third-order valence-electron chi connectivity index (χ3n) is 1.89. The van der Waals surface area contributed by atoms with E-state index in [1.807, 2.05) is 0 Å². The topological polar surface area (TPSA) is 20.2 Å². The van der Waals surface area contributed by atoms with Crippen LogP contribution in [0.2, 0.25) is 0 Å². The van der Waals surface area contributed by atoms with Crippen molar-refractivity contribution in [3.63, 3.8) is 0 Å². The Morgan fingerprint density at radius 3 is 2.64 bits per heavy atom. The van der Waals surface area contributed by atoms with Crippen molar-refractivity contribution in [2.24, 2.45) is 0 Å². The minimum absolute atomic E-state index is 0.240. The summed E-state index contributed by atoms with van der Waals surface area (Å²) in [4.78, 5) is 0. The van der Waals surface area contributed by atoms with Crippen LogP contribution in [0, 0.1) is 13.8 Å². The van der Waals surface area contributed by atoms with Gasteiger partial charge in [0.25, 0.3) is 0 Å². The second-order valence-electron chi connectivity index (χ2n) is 2.90. The van der Waals surface area contributed by atoms with Crippen LogP contribution < -0.4 is 0 Å². The van der Waals surface area contributed by atoms with E-state index in [0.29, 0.717) is 0 Å².